The van der Waals surface area contributed by atoms with Gasteiger partial charge in [-0.1, -0.05) is 43.3 Å². The van der Waals surface area contributed by atoms with Crippen molar-refractivity contribution in [2.75, 3.05) is 0 Å². The van der Waals surface area contributed by atoms with Gasteiger partial charge in [0, 0.05) is 11.2 Å². The molecule has 0 saturated heterocycles. The van der Waals surface area contributed by atoms with Crippen molar-refractivity contribution in [2.24, 2.45) is 11.5 Å². The summed E-state index contributed by atoms with van der Waals surface area (Å²) in [4.78, 5) is 0. The molecule has 0 radical (unpaired) electrons. The van der Waals surface area contributed by atoms with Crippen LogP contribution in [-0.2, 0) is 0 Å². The lowest BCUT2D eigenvalue weighted by Gasteiger charge is -2.33. The lowest BCUT2D eigenvalue weighted by Crippen LogP contribution is -2.41. The third kappa shape index (κ3) is 1.89. The van der Waals surface area contributed by atoms with Crippen LogP contribution in [0.15, 0.2) is 48.2 Å². The maximum atomic E-state index is 6.43. The van der Waals surface area contributed by atoms with Gasteiger partial charge in [0.15, 0.2) is 0 Å². The maximum Gasteiger partial charge on any atom is 0.0449 e. The fraction of sp³-hybridized carbons (Fsp3) is 0.286. The van der Waals surface area contributed by atoms with Gasteiger partial charge in [0.05, 0.1) is 0 Å². The summed E-state index contributed by atoms with van der Waals surface area (Å²) in [6.07, 6.45) is 5.74. The molecule has 0 heterocycles. The van der Waals surface area contributed by atoms with Crippen molar-refractivity contribution in [1.82, 2.24) is 0 Å². The van der Waals surface area contributed by atoms with E-state index in [1.54, 1.807) is 0 Å². The fourth-order valence-electron chi connectivity index (χ4n) is 2.10. The molecule has 1 aliphatic rings. The predicted octanol–water partition coefficient (Wildman–Crippen LogP) is 2.42. The monoisotopic (exact) mass is 214 g/mol. The van der Waals surface area contributed by atoms with Crippen LogP contribution in [-0.4, -0.2) is 5.54 Å². The molecule has 1 aromatic rings. The summed E-state index contributed by atoms with van der Waals surface area (Å²) >= 11 is 0. The number of rotatable bonds is 2. The molecule has 1 unspecified atom stereocenters. The third-order valence-corrected chi connectivity index (χ3v) is 3.27. The van der Waals surface area contributed by atoms with Crippen molar-refractivity contribution in [2.45, 2.75) is 25.3 Å². The average Bonchev–Trinajstić information content (AvgIpc) is 2.33. The van der Waals surface area contributed by atoms with E-state index in [1.165, 1.54) is 5.56 Å². The van der Waals surface area contributed by atoms with E-state index in [2.05, 4.69) is 19.1 Å². The highest BCUT2D eigenvalue weighted by molar-refractivity contribution is 5.76. The Hall–Kier alpha value is -1.54. The quantitative estimate of drug-likeness (QED) is 0.794. The Kier molecular flexibility index (Phi) is 2.84. The van der Waals surface area contributed by atoms with Crippen molar-refractivity contribution in [1.29, 1.82) is 0 Å². The number of allylic oxidation sites excluding steroid dienone is 1. The zero-order valence-electron chi connectivity index (χ0n) is 9.61. The van der Waals surface area contributed by atoms with E-state index in [1.807, 2.05) is 30.4 Å². The minimum absolute atomic E-state index is 0.274. The molecule has 2 heteroatoms. The standard InChI is InChI=1S/C14H18N2/c1-2-14(16)9-8-12(15)10-13(14)11-6-4-3-5-7-11/h3-8,10H,2,9,15-16H2,1H3. The van der Waals surface area contributed by atoms with Crippen LogP contribution in [0.5, 0.6) is 0 Å². The molecule has 0 bridgehead atoms. The van der Waals surface area contributed by atoms with E-state index >= 15 is 0 Å². The Morgan fingerprint density at radius 1 is 1.25 bits per heavy atom. The first-order valence-electron chi connectivity index (χ1n) is 5.68. The van der Waals surface area contributed by atoms with Gasteiger partial charge in [0.1, 0.15) is 0 Å². The first-order chi connectivity index (χ1) is 7.65. The van der Waals surface area contributed by atoms with Crippen LogP contribution in [0.3, 0.4) is 0 Å². The Labute approximate surface area is 96.6 Å². The largest absolute Gasteiger partial charge is 0.399 e. The smallest absolute Gasteiger partial charge is 0.0449 e. The lowest BCUT2D eigenvalue weighted by molar-refractivity contribution is 0.528. The van der Waals surface area contributed by atoms with Gasteiger partial charge in [-0.3, -0.25) is 0 Å². The van der Waals surface area contributed by atoms with Crippen molar-refractivity contribution in [3.63, 3.8) is 0 Å². The summed E-state index contributed by atoms with van der Waals surface area (Å²) in [5.74, 6) is 0. The summed E-state index contributed by atoms with van der Waals surface area (Å²) in [6, 6.07) is 10.2. The molecule has 0 aromatic heterocycles. The van der Waals surface area contributed by atoms with E-state index in [0.29, 0.717) is 0 Å². The van der Waals surface area contributed by atoms with Gasteiger partial charge >= 0.3 is 0 Å². The van der Waals surface area contributed by atoms with Crippen LogP contribution in [0, 0.1) is 0 Å². The van der Waals surface area contributed by atoms with Crippen LogP contribution in [0.25, 0.3) is 5.57 Å². The van der Waals surface area contributed by atoms with E-state index in [9.17, 15) is 0 Å². The second-order valence-electron chi connectivity index (χ2n) is 4.34. The Morgan fingerprint density at radius 2 is 1.94 bits per heavy atom. The molecule has 1 aliphatic carbocycles. The molecule has 1 atom stereocenters. The van der Waals surface area contributed by atoms with Crippen LogP contribution < -0.4 is 11.5 Å². The number of benzene rings is 1. The third-order valence-electron chi connectivity index (χ3n) is 3.27. The summed E-state index contributed by atoms with van der Waals surface area (Å²) < 4.78 is 0. The molecule has 84 valence electrons. The SMILES string of the molecule is CCC1(N)CC=C(N)C=C1c1ccccc1. The summed E-state index contributed by atoms with van der Waals surface area (Å²) in [6.45, 7) is 2.12. The minimum Gasteiger partial charge on any atom is -0.399 e. The molecule has 16 heavy (non-hydrogen) atoms. The van der Waals surface area contributed by atoms with Gasteiger partial charge in [-0.05, 0) is 30.1 Å². The highest BCUT2D eigenvalue weighted by atomic mass is 14.8. The molecular weight excluding hydrogens is 196 g/mol. The summed E-state index contributed by atoms with van der Waals surface area (Å²) in [5.41, 5.74) is 15.2. The van der Waals surface area contributed by atoms with E-state index in [-0.39, 0.29) is 5.54 Å². The summed E-state index contributed by atoms with van der Waals surface area (Å²) in [7, 11) is 0. The van der Waals surface area contributed by atoms with Gasteiger partial charge in [-0.2, -0.15) is 0 Å². The molecule has 0 spiro atoms. The van der Waals surface area contributed by atoms with Gasteiger partial charge in [0.2, 0.25) is 0 Å². The first kappa shape index (κ1) is 11.0. The van der Waals surface area contributed by atoms with Gasteiger partial charge < -0.3 is 11.5 Å². The van der Waals surface area contributed by atoms with Gasteiger partial charge in [0.25, 0.3) is 0 Å². The van der Waals surface area contributed by atoms with Crippen LogP contribution in [0.2, 0.25) is 0 Å². The van der Waals surface area contributed by atoms with Crippen LogP contribution in [0.4, 0.5) is 0 Å². The molecule has 0 fully saturated rings. The fourth-order valence-corrected chi connectivity index (χ4v) is 2.10. The summed E-state index contributed by atoms with van der Waals surface area (Å²) in [5, 5.41) is 0. The highest BCUT2D eigenvalue weighted by Crippen LogP contribution is 2.34. The Bertz CT molecular complexity index is 431. The Balaban J connectivity index is 2.47. The minimum atomic E-state index is -0.274. The maximum absolute atomic E-state index is 6.43. The zero-order chi connectivity index (χ0) is 11.6. The average molecular weight is 214 g/mol. The molecule has 1 aromatic carbocycles. The lowest BCUT2D eigenvalue weighted by atomic mass is 9.78. The van der Waals surface area contributed by atoms with Gasteiger partial charge in [-0.25, -0.2) is 0 Å². The molecule has 4 N–H and O–H groups in total. The Morgan fingerprint density at radius 3 is 2.56 bits per heavy atom. The number of hydrogen-bond acceptors (Lipinski definition) is 2. The molecule has 0 saturated carbocycles. The van der Waals surface area contributed by atoms with Crippen molar-refractivity contribution >= 4 is 5.57 Å². The van der Waals surface area contributed by atoms with Crippen LogP contribution in [0.1, 0.15) is 25.3 Å². The number of hydrogen-bond donors (Lipinski definition) is 2. The van der Waals surface area contributed by atoms with E-state index in [4.69, 9.17) is 11.5 Å². The highest BCUT2D eigenvalue weighted by Gasteiger charge is 2.29. The number of nitrogens with two attached hydrogens (primary N) is 2. The first-order valence-corrected chi connectivity index (χ1v) is 5.68. The second-order valence-corrected chi connectivity index (χ2v) is 4.34. The second kappa shape index (κ2) is 4.14. The van der Waals surface area contributed by atoms with E-state index in [0.717, 1.165) is 24.1 Å². The van der Waals surface area contributed by atoms with Crippen molar-refractivity contribution < 1.29 is 0 Å². The predicted molar refractivity (Wildman–Crippen MR) is 68.5 cm³/mol. The molecular formula is C14H18N2. The topological polar surface area (TPSA) is 52.0 Å². The zero-order valence-corrected chi connectivity index (χ0v) is 9.61. The molecule has 2 nitrogen and oxygen atoms in total. The normalized spacial score (nSPS) is 24.9. The van der Waals surface area contributed by atoms with Gasteiger partial charge in [-0.15, -0.1) is 0 Å². The molecule has 0 aliphatic heterocycles. The van der Waals surface area contributed by atoms with Crippen LogP contribution >= 0.6 is 0 Å². The molecule has 2 rings (SSSR count). The van der Waals surface area contributed by atoms with Crippen molar-refractivity contribution in [3.05, 3.63) is 53.7 Å². The molecule has 0 amide bonds. The van der Waals surface area contributed by atoms with Crippen molar-refractivity contribution in [3.8, 4) is 0 Å². The van der Waals surface area contributed by atoms with E-state index < -0.39 is 0 Å².